The Bertz CT molecular complexity index is 1110. The van der Waals surface area contributed by atoms with Crippen LogP contribution < -0.4 is 5.32 Å². The monoisotopic (exact) mass is 461 g/mol. The number of rotatable bonds is 4. The summed E-state index contributed by atoms with van der Waals surface area (Å²) in [4.78, 5) is 27.0. The Morgan fingerprint density at radius 1 is 1.13 bits per heavy atom. The molecule has 1 heterocycles. The van der Waals surface area contributed by atoms with E-state index in [-0.39, 0.29) is 34.1 Å². The molecule has 1 aliphatic carbocycles. The summed E-state index contributed by atoms with van der Waals surface area (Å²) in [5.41, 5.74) is 1.35. The van der Waals surface area contributed by atoms with E-state index in [0.717, 1.165) is 30.0 Å². The van der Waals surface area contributed by atoms with Gasteiger partial charge in [0.25, 0.3) is 15.9 Å². The van der Waals surface area contributed by atoms with Crippen molar-refractivity contribution in [1.29, 1.82) is 0 Å². The van der Waals surface area contributed by atoms with E-state index in [4.69, 9.17) is 11.6 Å². The van der Waals surface area contributed by atoms with Gasteiger partial charge in [-0.15, -0.1) is 0 Å². The molecule has 0 unspecified atom stereocenters. The first kappa shape index (κ1) is 21.6. The fourth-order valence-corrected chi connectivity index (χ4v) is 5.86. The van der Waals surface area contributed by atoms with E-state index < -0.39 is 16.1 Å². The van der Waals surface area contributed by atoms with Crippen molar-refractivity contribution in [2.24, 2.45) is 0 Å². The molecule has 2 aromatic carbocycles. The van der Waals surface area contributed by atoms with Crippen LogP contribution in [0.3, 0.4) is 0 Å². The van der Waals surface area contributed by atoms with Crippen LogP contribution in [0.5, 0.6) is 0 Å². The summed E-state index contributed by atoms with van der Waals surface area (Å²) < 4.78 is 26.7. The van der Waals surface area contributed by atoms with Gasteiger partial charge in [0.15, 0.2) is 0 Å². The Balaban J connectivity index is 1.51. The summed E-state index contributed by atoms with van der Waals surface area (Å²) >= 11 is 5.95. The predicted octanol–water partition coefficient (Wildman–Crippen LogP) is 4.48. The van der Waals surface area contributed by atoms with Gasteiger partial charge in [-0.05, 0) is 48.7 Å². The SMILES string of the molecule is CN(C(=O)c1ccc(CN2C(=O)Nc3ccc(Cl)cc3S2(=O)=O)cc1)C1CCCCC1. The van der Waals surface area contributed by atoms with Crippen LogP contribution in [0.25, 0.3) is 0 Å². The van der Waals surface area contributed by atoms with Gasteiger partial charge in [0, 0.05) is 23.7 Å². The summed E-state index contributed by atoms with van der Waals surface area (Å²) in [6.45, 7) is -0.146. The minimum absolute atomic E-state index is 0.0412. The number of amides is 3. The molecule has 7 nitrogen and oxygen atoms in total. The lowest BCUT2D eigenvalue weighted by Gasteiger charge is -2.31. The maximum atomic E-state index is 13.0. The second-order valence-corrected chi connectivity index (χ2v) is 10.3. The summed E-state index contributed by atoms with van der Waals surface area (Å²) in [5, 5.41) is 2.85. The van der Waals surface area contributed by atoms with Crippen LogP contribution in [0.2, 0.25) is 5.02 Å². The van der Waals surface area contributed by atoms with Gasteiger partial charge in [-0.3, -0.25) is 4.79 Å². The number of nitrogens with zero attached hydrogens (tertiary/aromatic N) is 2. The van der Waals surface area contributed by atoms with Crippen molar-refractivity contribution >= 4 is 39.2 Å². The van der Waals surface area contributed by atoms with Gasteiger partial charge < -0.3 is 10.2 Å². The average Bonchev–Trinajstić information content (AvgIpc) is 2.77. The van der Waals surface area contributed by atoms with E-state index in [9.17, 15) is 18.0 Å². The van der Waals surface area contributed by atoms with Crippen LogP contribution in [0.15, 0.2) is 47.4 Å². The molecule has 9 heteroatoms. The smallest absolute Gasteiger partial charge is 0.336 e. The lowest BCUT2D eigenvalue weighted by Crippen LogP contribution is -2.43. The molecule has 1 aliphatic heterocycles. The molecule has 1 fully saturated rings. The Kier molecular flexibility index (Phi) is 5.94. The van der Waals surface area contributed by atoms with Gasteiger partial charge in [-0.1, -0.05) is 43.0 Å². The van der Waals surface area contributed by atoms with Gasteiger partial charge in [0.1, 0.15) is 4.90 Å². The van der Waals surface area contributed by atoms with Crippen LogP contribution >= 0.6 is 11.6 Å². The summed E-state index contributed by atoms with van der Waals surface area (Å²) in [7, 11) is -2.21. The van der Waals surface area contributed by atoms with E-state index in [2.05, 4.69) is 5.32 Å². The highest BCUT2D eigenvalue weighted by Crippen LogP contribution is 2.33. The maximum Gasteiger partial charge on any atom is 0.336 e. The van der Waals surface area contributed by atoms with E-state index >= 15 is 0 Å². The van der Waals surface area contributed by atoms with Crippen LogP contribution in [0.1, 0.15) is 48.0 Å². The molecule has 0 atom stereocenters. The number of carbonyl (C=O) groups is 2. The molecule has 4 rings (SSSR count). The first-order valence-electron chi connectivity index (χ1n) is 10.3. The number of hydrogen-bond acceptors (Lipinski definition) is 4. The number of sulfonamides is 1. The van der Waals surface area contributed by atoms with E-state index in [1.54, 1.807) is 29.2 Å². The highest BCUT2D eigenvalue weighted by Gasteiger charge is 2.36. The Labute approximate surface area is 187 Å². The molecule has 0 saturated heterocycles. The lowest BCUT2D eigenvalue weighted by molar-refractivity contribution is 0.0696. The Hall–Kier alpha value is -2.58. The Morgan fingerprint density at radius 3 is 2.48 bits per heavy atom. The zero-order chi connectivity index (χ0) is 22.2. The summed E-state index contributed by atoms with van der Waals surface area (Å²) in [6, 6.07) is 10.5. The van der Waals surface area contributed by atoms with E-state index in [1.807, 2.05) is 7.05 Å². The molecule has 164 valence electrons. The number of anilines is 1. The third-order valence-corrected chi connectivity index (χ3v) is 7.95. The third kappa shape index (κ3) is 4.27. The van der Waals surface area contributed by atoms with Gasteiger partial charge in [-0.2, -0.15) is 0 Å². The average molecular weight is 462 g/mol. The quantitative estimate of drug-likeness (QED) is 0.727. The van der Waals surface area contributed by atoms with Gasteiger partial charge in [0.2, 0.25) is 0 Å². The molecular formula is C22H24ClN3O4S. The van der Waals surface area contributed by atoms with Crippen LogP contribution in [0, 0.1) is 0 Å². The number of fused-ring (bicyclic) bond motifs is 1. The zero-order valence-electron chi connectivity index (χ0n) is 17.2. The molecule has 2 aliphatic rings. The molecule has 1 saturated carbocycles. The van der Waals surface area contributed by atoms with Crippen molar-refractivity contribution in [2.75, 3.05) is 12.4 Å². The molecule has 0 radical (unpaired) electrons. The van der Waals surface area contributed by atoms with Crippen LogP contribution in [-0.4, -0.2) is 42.7 Å². The fraction of sp³-hybridized carbons (Fsp3) is 0.364. The topological polar surface area (TPSA) is 86.8 Å². The number of nitrogens with one attached hydrogen (secondary N) is 1. The number of benzene rings is 2. The molecule has 2 aromatic rings. The molecule has 0 aromatic heterocycles. The predicted molar refractivity (Wildman–Crippen MR) is 119 cm³/mol. The zero-order valence-corrected chi connectivity index (χ0v) is 18.7. The summed E-state index contributed by atoms with van der Waals surface area (Å²) in [5.74, 6) is -0.0506. The van der Waals surface area contributed by atoms with E-state index in [0.29, 0.717) is 11.1 Å². The highest BCUT2D eigenvalue weighted by atomic mass is 35.5. The van der Waals surface area contributed by atoms with Crippen molar-refractivity contribution in [1.82, 2.24) is 9.21 Å². The molecule has 1 N–H and O–H groups in total. The third-order valence-electron chi connectivity index (χ3n) is 5.95. The van der Waals surface area contributed by atoms with Crippen molar-refractivity contribution in [3.8, 4) is 0 Å². The van der Waals surface area contributed by atoms with Gasteiger partial charge >= 0.3 is 6.03 Å². The molecule has 0 bridgehead atoms. The fourth-order valence-electron chi connectivity index (χ4n) is 4.13. The highest BCUT2D eigenvalue weighted by molar-refractivity contribution is 7.90. The Morgan fingerprint density at radius 2 is 1.81 bits per heavy atom. The van der Waals surface area contributed by atoms with E-state index in [1.165, 1.54) is 24.6 Å². The van der Waals surface area contributed by atoms with Crippen molar-refractivity contribution in [3.05, 3.63) is 58.6 Å². The number of carbonyl (C=O) groups excluding carboxylic acids is 2. The van der Waals surface area contributed by atoms with Crippen molar-refractivity contribution < 1.29 is 18.0 Å². The minimum Gasteiger partial charge on any atom is -0.339 e. The molecule has 3 amide bonds. The number of hydrogen-bond donors (Lipinski definition) is 1. The summed E-state index contributed by atoms with van der Waals surface area (Å²) in [6.07, 6.45) is 5.54. The van der Waals surface area contributed by atoms with Gasteiger partial charge in [0.05, 0.1) is 12.2 Å². The first-order chi connectivity index (χ1) is 14.8. The second kappa shape index (κ2) is 8.51. The van der Waals surface area contributed by atoms with Crippen molar-refractivity contribution in [2.45, 2.75) is 49.6 Å². The van der Waals surface area contributed by atoms with Gasteiger partial charge in [-0.25, -0.2) is 17.5 Å². The van der Waals surface area contributed by atoms with Crippen molar-refractivity contribution in [3.63, 3.8) is 0 Å². The lowest BCUT2D eigenvalue weighted by atomic mass is 9.94. The minimum atomic E-state index is -4.05. The first-order valence-corrected chi connectivity index (χ1v) is 12.1. The van der Waals surface area contributed by atoms with Crippen LogP contribution in [0.4, 0.5) is 10.5 Å². The second-order valence-electron chi connectivity index (χ2n) is 7.99. The largest absolute Gasteiger partial charge is 0.339 e. The molecule has 0 spiro atoms. The maximum absolute atomic E-state index is 13.0. The number of halogens is 1. The molecule has 31 heavy (non-hydrogen) atoms. The van der Waals surface area contributed by atoms with Crippen LogP contribution in [-0.2, 0) is 16.6 Å². The molecular weight excluding hydrogens is 438 g/mol. The standard InChI is InChI=1S/C22H24ClN3O4S/c1-25(18-5-3-2-4-6-18)21(27)16-9-7-15(8-10-16)14-26-22(28)24-19-12-11-17(23)13-20(19)31(26,29)30/h7-13,18H,2-6,14H2,1H3,(H,24,28). The number of urea groups is 1. The normalized spacial score (nSPS) is 18.3.